The molecule has 1 aliphatic rings. The van der Waals surface area contributed by atoms with Crippen LogP contribution in [0.25, 0.3) is 10.2 Å². The lowest BCUT2D eigenvalue weighted by Gasteiger charge is -2.23. The van der Waals surface area contributed by atoms with Crippen molar-refractivity contribution in [1.29, 1.82) is 0 Å². The predicted molar refractivity (Wildman–Crippen MR) is 95.8 cm³/mol. The first kappa shape index (κ1) is 14.8. The Morgan fingerprint density at radius 1 is 1.04 bits per heavy atom. The molecular weight excluding hydrogens is 328 g/mol. The molecule has 1 saturated heterocycles. The molecular formula is C15H18N6S2. The molecule has 8 heteroatoms. The van der Waals surface area contributed by atoms with Crippen LogP contribution < -0.4 is 9.80 Å². The standard InChI is InChI=1S/C15H18N6S2/c1-10-8-22-14-12(10)13(16-9-17-14)20-4-3-5-21(7-6-20)15-18-11(2)19-23-15/h8-9H,3-7H2,1-2H3. The highest BCUT2D eigenvalue weighted by Gasteiger charge is 2.21. The van der Waals surface area contributed by atoms with Crippen LogP contribution in [-0.2, 0) is 0 Å². The molecule has 0 saturated carbocycles. The number of aromatic nitrogens is 4. The van der Waals surface area contributed by atoms with E-state index in [-0.39, 0.29) is 0 Å². The quantitative estimate of drug-likeness (QED) is 0.711. The van der Waals surface area contributed by atoms with Crippen molar-refractivity contribution in [3.05, 3.63) is 23.1 Å². The zero-order chi connectivity index (χ0) is 15.8. The number of rotatable bonds is 2. The summed E-state index contributed by atoms with van der Waals surface area (Å²) >= 11 is 3.18. The van der Waals surface area contributed by atoms with E-state index in [1.165, 1.54) is 22.5 Å². The highest BCUT2D eigenvalue weighted by molar-refractivity contribution is 7.17. The topological polar surface area (TPSA) is 58.0 Å². The van der Waals surface area contributed by atoms with Gasteiger partial charge in [-0.05, 0) is 31.2 Å². The third-order valence-corrected chi connectivity index (χ3v) is 5.99. The lowest BCUT2D eigenvalue weighted by atomic mass is 10.2. The number of aryl methyl sites for hydroxylation is 2. The maximum absolute atomic E-state index is 4.58. The molecule has 0 aromatic carbocycles. The summed E-state index contributed by atoms with van der Waals surface area (Å²) < 4.78 is 4.30. The highest BCUT2D eigenvalue weighted by Crippen LogP contribution is 2.31. The second kappa shape index (κ2) is 6.01. The molecule has 0 aliphatic carbocycles. The van der Waals surface area contributed by atoms with E-state index in [0.717, 1.165) is 54.2 Å². The smallest absolute Gasteiger partial charge is 0.205 e. The van der Waals surface area contributed by atoms with Crippen LogP contribution in [0.4, 0.5) is 10.9 Å². The molecule has 0 spiro atoms. The largest absolute Gasteiger partial charge is 0.354 e. The van der Waals surface area contributed by atoms with Gasteiger partial charge in [0.05, 0.1) is 5.39 Å². The first-order valence-corrected chi connectivity index (χ1v) is 9.36. The highest BCUT2D eigenvalue weighted by atomic mass is 32.1. The Hall–Kier alpha value is -1.80. The minimum atomic E-state index is 0.859. The minimum Gasteiger partial charge on any atom is -0.354 e. The summed E-state index contributed by atoms with van der Waals surface area (Å²) in [5.74, 6) is 1.93. The van der Waals surface area contributed by atoms with Gasteiger partial charge < -0.3 is 9.80 Å². The normalized spacial score (nSPS) is 16.1. The fourth-order valence-electron chi connectivity index (χ4n) is 2.97. The molecule has 3 aromatic heterocycles. The molecule has 4 heterocycles. The third kappa shape index (κ3) is 2.76. The SMILES string of the molecule is Cc1nsc(N2CCCN(c3ncnc4scc(C)c34)CC2)n1. The molecule has 4 rings (SSSR count). The van der Waals surface area contributed by atoms with Gasteiger partial charge in [-0.1, -0.05) is 0 Å². The molecule has 120 valence electrons. The number of anilines is 2. The van der Waals surface area contributed by atoms with Crippen molar-refractivity contribution in [3.8, 4) is 0 Å². The molecule has 0 amide bonds. The summed E-state index contributed by atoms with van der Waals surface area (Å²) in [6, 6.07) is 0. The summed E-state index contributed by atoms with van der Waals surface area (Å²) in [5.41, 5.74) is 1.27. The maximum atomic E-state index is 4.58. The molecule has 0 bridgehead atoms. The number of nitrogens with zero attached hydrogens (tertiary/aromatic N) is 6. The van der Waals surface area contributed by atoms with E-state index >= 15 is 0 Å². The lowest BCUT2D eigenvalue weighted by Crippen LogP contribution is -2.31. The fraction of sp³-hybridized carbons (Fsp3) is 0.467. The second-order valence-electron chi connectivity index (χ2n) is 5.75. The van der Waals surface area contributed by atoms with Crippen LogP contribution in [0.3, 0.4) is 0 Å². The molecule has 0 N–H and O–H groups in total. The molecule has 1 fully saturated rings. The van der Waals surface area contributed by atoms with Gasteiger partial charge in [-0.15, -0.1) is 11.3 Å². The van der Waals surface area contributed by atoms with Crippen molar-refractivity contribution < 1.29 is 0 Å². The van der Waals surface area contributed by atoms with Gasteiger partial charge in [0.15, 0.2) is 0 Å². The number of hydrogen-bond donors (Lipinski definition) is 0. The summed E-state index contributed by atoms with van der Waals surface area (Å²) in [6.45, 7) is 8.00. The summed E-state index contributed by atoms with van der Waals surface area (Å²) in [7, 11) is 0. The van der Waals surface area contributed by atoms with E-state index in [2.05, 4.69) is 41.4 Å². The molecule has 3 aromatic rings. The van der Waals surface area contributed by atoms with Gasteiger partial charge in [0.1, 0.15) is 22.8 Å². The van der Waals surface area contributed by atoms with Crippen molar-refractivity contribution in [3.63, 3.8) is 0 Å². The molecule has 23 heavy (non-hydrogen) atoms. The Kier molecular flexibility index (Phi) is 3.86. The van der Waals surface area contributed by atoms with Gasteiger partial charge in [-0.25, -0.2) is 15.0 Å². The fourth-order valence-corrected chi connectivity index (χ4v) is 4.58. The van der Waals surface area contributed by atoms with Gasteiger partial charge in [-0.2, -0.15) is 4.37 Å². The Morgan fingerprint density at radius 2 is 1.87 bits per heavy atom. The van der Waals surface area contributed by atoms with Gasteiger partial charge in [0, 0.05) is 37.7 Å². The van der Waals surface area contributed by atoms with Crippen LogP contribution in [0.5, 0.6) is 0 Å². The van der Waals surface area contributed by atoms with Gasteiger partial charge in [-0.3, -0.25) is 0 Å². The summed E-state index contributed by atoms with van der Waals surface area (Å²) in [4.78, 5) is 19.3. The zero-order valence-electron chi connectivity index (χ0n) is 13.2. The Bertz CT molecular complexity index is 826. The van der Waals surface area contributed by atoms with E-state index in [1.807, 2.05) is 6.92 Å². The monoisotopic (exact) mass is 346 g/mol. The van der Waals surface area contributed by atoms with Crippen molar-refractivity contribution in [2.24, 2.45) is 0 Å². The predicted octanol–water partition coefficient (Wildman–Crippen LogP) is 2.88. The molecule has 0 radical (unpaired) electrons. The minimum absolute atomic E-state index is 0.859. The van der Waals surface area contributed by atoms with Gasteiger partial charge in [0.25, 0.3) is 0 Å². The van der Waals surface area contributed by atoms with Crippen molar-refractivity contribution in [1.82, 2.24) is 19.3 Å². The van der Waals surface area contributed by atoms with Crippen molar-refractivity contribution in [2.75, 3.05) is 36.0 Å². The zero-order valence-corrected chi connectivity index (χ0v) is 14.8. The maximum Gasteiger partial charge on any atom is 0.205 e. The number of thiophene rings is 1. The van der Waals surface area contributed by atoms with Gasteiger partial charge >= 0.3 is 0 Å². The average Bonchev–Trinajstić information content (AvgIpc) is 3.06. The Balaban J connectivity index is 1.60. The number of fused-ring (bicyclic) bond motifs is 1. The van der Waals surface area contributed by atoms with E-state index in [9.17, 15) is 0 Å². The van der Waals surface area contributed by atoms with Gasteiger partial charge in [0.2, 0.25) is 5.13 Å². The van der Waals surface area contributed by atoms with Crippen LogP contribution >= 0.6 is 22.9 Å². The van der Waals surface area contributed by atoms with E-state index < -0.39 is 0 Å². The third-order valence-electron chi connectivity index (χ3n) is 4.12. The Labute approximate surface area is 143 Å². The van der Waals surface area contributed by atoms with E-state index in [0.29, 0.717) is 0 Å². The first-order chi connectivity index (χ1) is 11.2. The lowest BCUT2D eigenvalue weighted by molar-refractivity contribution is 0.798. The number of hydrogen-bond acceptors (Lipinski definition) is 8. The van der Waals surface area contributed by atoms with E-state index in [1.54, 1.807) is 17.7 Å². The average molecular weight is 346 g/mol. The molecule has 6 nitrogen and oxygen atoms in total. The van der Waals surface area contributed by atoms with Crippen LogP contribution in [0.15, 0.2) is 11.7 Å². The second-order valence-corrected chi connectivity index (χ2v) is 7.34. The molecule has 0 unspecified atom stereocenters. The van der Waals surface area contributed by atoms with Crippen molar-refractivity contribution >= 4 is 44.0 Å². The van der Waals surface area contributed by atoms with Crippen LogP contribution in [0, 0.1) is 13.8 Å². The van der Waals surface area contributed by atoms with Crippen LogP contribution in [0.1, 0.15) is 17.8 Å². The van der Waals surface area contributed by atoms with E-state index in [4.69, 9.17) is 0 Å². The van der Waals surface area contributed by atoms with Crippen LogP contribution in [0.2, 0.25) is 0 Å². The molecule has 0 atom stereocenters. The summed E-state index contributed by atoms with van der Waals surface area (Å²) in [5, 5.41) is 4.40. The van der Waals surface area contributed by atoms with Crippen LogP contribution in [-0.4, -0.2) is 45.5 Å². The first-order valence-electron chi connectivity index (χ1n) is 7.71. The Morgan fingerprint density at radius 3 is 2.70 bits per heavy atom. The van der Waals surface area contributed by atoms with Crippen molar-refractivity contribution in [2.45, 2.75) is 20.3 Å². The molecule has 1 aliphatic heterocycles. The summed E-state index contributed by atoms with van der Waals surface area (Å²) in [6.07, 6.45) is 2.78.